The lowest BCUT2D eigenvalue weighted by Gasteiger charge is -2.09. The Morgan fingerprint density at radius 1 is 1.48 bits per heavy atom. The number of anilines is 1. The molecule has 9 nitrogen and oxygen atoms in total. The Bertz CT molecular complexity index is 891. The number of carbonyl (C=O) groups excluding carboxylic acids is 1. The molecule has 132 valence electrons. The molecule has 1 aliphatic rings. The molecule has 11 heteroatoms. The van der Waals surface area contributed by atoms with Crippen molar-refractivity contribution in [1.29, 1.82) is 5.26 Å². The van der Waals surface area contributed by atoms with Crippen molar-refractivity contribution in [2.45, 2.75) is 12.5 Å². The minimum absolute atomic E-state index is 0.00883. The van der Waals surface area contributed by atoms with Gasteiger partial charge in [0.05, 0.1) is 27.1 Å². The standard InChI is InChI=1S/C14H13ClN4O5S/c15-12-2-1-11(19(21)22)5-13(12)18-14(20)9(6-16)7-17-10-3-4-25(23,24)8-10/h1-2,5,7,10,17H,3-4,8H2,(H,18,20)/b9-7-. The molecule has 2 N–H and O–H groups in total. The molecule has 1 saturated heterocycles. The van der Waals surface area contributed by atoms with Crippen molar-refractivity contribution in [2.24, 2.45) is 0 Å². The van der Waals surface area contributed by atoms with Crippen LogP contribution in [0.3, 0.4) is 0 Å². The van der Waals surface area contributed by atoms with Crippen LogP contribution in [0.15, 0.2) is 30.0 Å². The van der Waals surface area contributed by atoms with E-state index in [0.717, 1.165) is 12.3 Å². The number of nitrogens with one attached hydrogen (secondary N) is 2. The van der Waals surface area contributed by atoms with Gasteiger partial charge in [0.2, 0.25) is 0 Å². The van der Waals surface area contributed by atoms with E-state index in [2.05, 4.69) is 10.6 Å². The summed E-state index contributed by atoms with van der Waals surface area (Å²) in [4.78, 5) is 22.2. The molecule has 2 rings (SSSR count). The van der Waals surface area contributed by atoms with Crippen LogP contribution in [0.4, 0.5) is 11.4 Å². The Morgan fingerprint density at radius 2 is 2.20 bits per heavy atom. The van der Waals surface area contributed by atoms with Crippen LogP contribution in [0.25, 0.3) is 0 Å². The van der Waals surface area contributed by atoms with E-state index in [1.54, 1.807) is 6.07 Å². The van der Waals surface area contributed by atoms with Gasteiger partial charge in [0.1, 0.15) is 11.6 Å². The zero-order valence-corrected chi connectivity index (χ0v) is 14.3. The zero-order chi connectivity index (χ0) is 18.6. The van der Waals surface area contributed by atoms with Gasteiger partial charge in [0, 0.05) is 24.4 Å². The summed E-state index contributed by atoms with van der Waals surface area (Å²) >= 11 is 5.88. The minimum atomic E-state index is -3.09. The van der Waals surface area contributed by atoms with Gasteiger partial charge in [-0.1, -0.05) is 11.6 Å². The number of amides is 1. The minimum Gasteiger partial charge on any atom is -0.386 e. The molecule has 1 aliphatic heterocycles. The predicted molar refractivity (Wildman–Crippen MR) is 90.6 cm³/mol. The van der Waals surface area contributed by atoms with Crippen molar-refractivity contribution in [2.75, 3.05) is 16.8 Å². The van der Waals surface area contributed by atoms with Crippen LogP contribution < -0.4 is 10.6 Å². The molecular formula is C14H13ClN4O5S. The van der Waals surface area contributed by atoms with Gasteiger partial charge in [-0.05, 0) is 12.5 Å². The number of rotatable bonds is 5. The maximum absolute atomic E-state index is 12.1. The highest BCUT2D eigenvalue weighted by Crippen LogP contribution is 2.27. The van der Waals surface area contributed by atoms with Crippen molar-refractivity contribution in [3.05, 3.63) is 45.1 Å². The number of carbonyl (C=O) groups is 1. The average Bonchev–Trinajstić information content (AvgIpc) is 2.89. The predicted octanol–water partition coefficient (Wildman–Crippen LogP) is 1.37. The average molecular weight is 385 g/mol. The molecule has 1 fully saturated rings. The lowest BCUT2D eigenvalue weighted by atomic mass is 10.2. The zero-order valence-electron chi connectivity index (χ0n) is 12.7. The molecule has 1 aromatic carbocycles. The van der Waals surface area contributed by atoms with Crippen LogP contribution in [0.1, 0.15) is 6.42 Å². The summed E-state index contributed by atoms with van der Waals surface area (Å²) in [7, 11) is -3.09. The van der Waals surface area contributed by atoms with Gasteiger partial charge < -0.3 is 10.6 Å². The molecule has 1 unspecified atom stereocenters. The number of hydrogen-bond acceptors (Lipinski definition) is 7. The van der Waals surface area contributed by atoms with Crippen LogP contribution in [0.5, 0.6) is 0 Å². The maximum atomic E-state index is 12.1. The summed E-state index contributed by atoms with van der Waals surface area (Å²) in [6.07, 6.45) is 1.52. The Labute approximate surface area is 148 Å². The topological polar surface area (TPSA) is 142 Å². The monoisotopic (exact) mass is 384 g/mol. The summed E-state index contributed by atoms with van der Waals surface area (Å²) in [6.45, 7) is 0. The number of nitrogens with zero attached hydrogens (tertiary/aromatic N) is 2. The highest BCUT2D eigenvalue weighted by molar-refractivity contribution is 7.91. The highest BCUT2D eigenvalue weighted by Gasteiger charge is 2.27. The normalized spacial score (nSPS) is 19.0. The van der Waals surface area contributed by atoms with E-state index >= 15 is 0 Å². The number of benzene rings is 1. The first-order valence-electron chi connectivity index (χ1n) is 7.04. The first-order valence-corrected chi connectivity index (χ1v) is 9.24. The molecule has 1 heterocycles. The summed E-state index contributed by atoms with van der Waals surface area (Å²) < 4.78 is 22.8. The fourth-order valence-corrected chi connectivity index (χ4v) is 4.04. The summed E-state index contributed by atoms with van der Waals surface area (Å²) in [5.74, 6) is -0.839. The molecule has 1 atom stereocenters. The van der Waals surface area contributed by atoms with Gasteiger partial charge in [-0.2, -0.15) is 5.26 Å². The second kappa shape index (κ2) is 7.50. The van der Waals surface area contributed by atoms with Crippen molar-refractivity contribution < 1.29 is 18.1 Å². The number of nitro benzene ring substituents is 1. The molecule has 0 radical (unpaired) electrons. The first kappa shape index (κ1) is 18.7. The summed E-state index contributed by atoms with van der Waals surface area (Å²) in [6, 6.07) is 4.83. The lowest BCUT2D eigenvalue weighted by molar-refractivity contribution is -0.384. The van der Waals surface area contributed by atoms with E-state index in [4.69, 9.17) is 16.9 Å². The second-order valence-electron chi connectivity index (χ2n) is 5.31. The van der Waals surface area contributed by atoms with Gasteiger partial charge in [-0.3, -0.25) is 14.9 Å². The highest BCUT2D eigenvalue weighted by atomic mass is 35.5. The molecular weight excluding hydrogens is 372 g/mol. The Hall–Kier alpha value is -2.64. The van der Waals surface area contributed by atoms with E-state index in [-0.39, 0.29) is 39.5 Å². The lowest BCUT2D eigenvalue weighted by Crippen LogP contribution is -2.27. The molecule has 1 amide bonds. The first-order chi connectivity index (χ1) is 11.7. The van der Waals surface area contributed by atoms with Crippen LogP contribution in [-0.2, 0) is 14.6 Å². The van der Waals surface area contributed by atoms with Crippen molar-refractivity contribution in [3.63, 3.8) is 0 Å². The second-order valence-corrected chi connectivity index (χ2v) is 7.95. The number of hydrogen-bond donors (Lipinski definition) is 2. The molecule has 0 aliphatic carbocycles. The van der Waals surface area contributed by atoms with E-state index in [1.807, 2.05) is 0 Å². The number of nitriles is 1. The molecule has 0 aromatic heterocycles. The third-order valence-corrected chi connectivity index (χ3v) is 5.57. The maximum Gasteiger partial charge on any atom is 0.271 e. The Kier molecular flexibility index (Phi) is 5.61. The molecule has 0 saturated carbocycles. The van der Waals surface area contributed by atoms with E-state index < -0.39 is 20.7 Å². The van der Waals surface area contributed by atoms with Crippen LogP contribution in [0.2, 0.25) is 5.02 Å². The molecule has 25 heavy (non-hydrogen) atoms. The number of nitro groups is 1. The Balaban J connectivity index is 2.10. The third-order valence-electron chi connectivity index (χ3n) is 3.47. The van der Waals surface area contributed by atoms with E-state index in [0.29, 0.717) is 6.42 Å². The fraction of sp³-hybridized carbons (Fsp3) is 0.286. The summed E-state index contributed by atoms with van der Waals surface area (Å²) in [5, 5.41) is 25.0. The molecule has 0 spiro atoms. The van der Waals surface area contributed by atoms with E-state index in [9.17, 15) is 23.3 Å². The largest absolute Gasteiger partial charge is 0.386 e. The smallest absolute Gasteiger partial charge is 0.271 e. The number of halogens is 1. The van der Waals surface area contributed by atoms with Gasteiger partial charge in [0.15, 0.2) is 9.84 Å². The molecule has 0 bridgehead atoms. The quantitative estimate of drug-likeness (QED) is 0.338. The van der Waals surface area contributed by atoms with Gasteiger partial charge in [-0.15, -0.1) is 0 Å². The van der Waals surface area contributed by atoms with Crippen molar-refractivity contribution >= 4 is 38.7 Å². The third kappa shape index (κ3) is 4.91. The van der Waals surface area contributed by atoms with Crippen molar-refractivity contribution in [1.82, 2.24) is 5.32 Å². The molecule has 1 aromatic rings. The Morgan fingerprint density at radius 3 is 2.76 bits per heavy atom. The fourth-order valence-electron chi connectivity index (χ4n) is 2.19. The number of sulfone groups is 1. The SMILES string of the molecule is N#C/C(=C/NC1CCS(=O)(=O)C1)C(=O)Nc1cc([N+](=O)[O-])ccc1Cl. The van der Waals surface area contributed by atoms with Crippen molar-refractivity contribution in [3.8, 4) is 6.07 Å². The van der Waals surface area contributed by atoms with Gasteiger partial charge >= 0.3 is 0 Å². The van der Waals surface area contributed by atoms with Crippen LogP contribution >= 0.6 is 11.6 Å². The van der Waals surface area contributed by atoms with Gasteiger partial charge in [-0.25, -0.2) is 8.42 Å². The van der Waals surface area contributed by atoms with E-state index in [1.165, 1.54) is 12.1 Å². The van der Waals surface area contributed by atoms with Gasteiger partial charge in [0.25, 0.3) is 11.6 Å². The summed E-state index contributed by atoms with van der Waals surface area (Å²) in [5.41, 5.74) is -0.589. The van der Waals surface area contributed by atoms with Crippen LogP contribution in [-0.4, -0.2) is 36.8 Å². The van der Waals surface area contributed by atoms with Crippen LogP contribution in [0, 0.1) is 21.4 Å². The number of non-ortho nitro benzene ring substituents is 1.